The number of aromatic nitrogens is 1. The number of hydrogen-bond acceptors (Lipinski definition) is 4. The summed E-state index contributed by atoms with van der Waals surface area (Å²) in [5.41, 5.74) is 7.69. The molecule has 2 heterocycles. The second-order valence-electron chi connectivity index (χ2n) is 5.64. The van der Waals surface area contributed by atoms with Crippen LogP contribution in [0.3, 0.4) is 0 Å². The van der Waals surface area contributed by atoms with Crippen molar-refractivity contribution in [3.05, 3.63) is 17.8 Å². The van der Waals surface area contributed by atoms with Crippen molar-refractivity contribution in [2.45, 2.75) is 19.8 Å². The zero-order chi connectivity index (χ0) is 12.5. The van der Waals surface area contributed by atoms with Gasteiger partial charge in [-0.05, 0) is 37.3 Å². The van der Waals surface area contributed by atoms with Crippen molar-refractivity contribution in [2.75, 3.05) is 43.4 Å². The maximum Gasteiger partial charge on any atom is 0.131 e. The molecule has 3 rings (SSSR count). The molecular formula is C14H22N4. The summed E-state index contributed by atoms with van der Waals surface area (Å²) in [5, 5.41) is 0. The predicted molar refractivity (Wildman–Crippen MR) is 74.8 cm³/mol. The topological polar surface area (TPSA) is 45.4 Å². The van der Waals surface area contributed by atoms with Gasteiger partial charge < -0.3 is 10.6 Å². The van der Waals surface area contributed by atoms with E-state index in [9.17, 15) is 0 Å². The molecule has 0 amide bonds. The fourth-order valence-electron chi connectivity index (χ4n) is 2.73. The van der Waals surface area contributed by atoms with E-state index in [-0.39, 0.29) is 0 Å². The molecule has 0 radical (unpaired) electrons. The van der Waals surface area contributed by atoms with Crippen LogP contribution in [0.2, 0.25) is 0 Å². The number of nitrogens with two attached hydrogens (primary N) is 1. The van der Waals surface area contributed by atoms with Crippen molar-refractivity contribution in [3.63, 3.8) is 0 Å². The standard InChI is InChI=1S/C14H22N4/c1-11-8-13(15)9-16-14(11)18-6-4-17(5-7-18)10-12-2-3-12/h8-9,12H,2-7,10,15H2,1H3. The molecule has 2 N–H and O–H groups in total. The van der Waals surface area contributed by atoms with E-state index >= 15 is 0 Å². The third kappa shape index (κ3) is 2.58. The first-order valence-corrected chi connectivity index (χ1v) is 6.92. The maximum absolute atomic E-state index is 5.75. The highest BCUT2D eigenvalue weighted by molar-refractivity contribution is 5.52. The molecule has 0 spiro atoms. The second kappa shape index (κ2) is 4.76. The summed E-state index contributed by atoms with van der Waals surface area (Å²) in [6.45, 7) is 7.91. The molecule has 18 heavy (non-hydrogen) atoms. The highest BCUT2D eigenvalue weighted by Crippen LogP contribution is 2.30. The molecule has 4 nitrogen and oxygen atoms in total. The van der Waals surface area contributed by atoms with Crippen LogP contribution in [-0.4, -0.2) is 42.6 Å². The van der Waals surface area contributed by atoms with Gasteiger partial charge in [0, 0.05) is 32.7 Å². The van der Waals surface area contributed by atoms with E-state index in [1.807, 2.05) is 6.07 Å². The Balaban J connectivity index is 1.60. The van der Waals surface area contributed by atoms with Gasteiger partial charge in [-0.1, -0.05) is 0 Å². The van der Waals surface area contributed by atoms with Gasteiger partial charge in [0.2, 0.25) is 0 Å². The molecule has 1 saturated heterocycles. The van der Waals surface area contributed by atoms with E-state index in [0.717, 1.165) is 30.5 Å². The summed E-state index contributed by atoms with van der Waals surface area (Å²) in [4.78, 5) is 9.47. The minimum Gasteiger partial charge on any atom is -0.397 e. The number of anilines is 2. The largest absolute Gasteiger partial charge is 0.397 e. The average Bonchev–Trinajstić information content (AvgIpc) is 3.15. The van der Waals surface area contributed by atoms with Gasteiger partial charge in [-0.15, -0.1) is 0 Å². The third-order valence-electron chi connectivity index (χ3n) is 3.96. The van der Waals surface area contributed by atoms with Crippen LogP contribution in [-0.2, 0) is 0 Å². The molecule has 0 aromatic carbocycles. The van der Waals surface area contributed by atoms with Crippen molar-refractivity contribution < 1.29 is 0 Å². The van der Waals surface area contributed by atoms with Crippen LogP contribution in [0.1, 0.15) is 18.4 Å². The molecule has 1 aromatic rings. The molecule has 0 atom stereocenters. The van der Waals surface area contributed by atoms with Gasteiger partial charge in [-0.25, -0.2) is 4.98 Å². The molecular weight excluding hydrogens is 224 g/mol. The molecule has 98 valence electrons. The molecule has 0 unspecified atom stereocenters. The minimum atomic E-state index is 0.753. The lowest BCUT2D eigenvalue weighted by Crippen LogP contribution is -2.47. The fraction of sp³-hybridized carbons (Fsp3) is 0.643. The number of piperazine rings is 1. The van der Waals surface area contributed by atoms with Gasteiger partial charge in [0.25, 0.3) is 0 Å². The van der Waals surface area contributed by atoms with Crippen LogP contribution in [0.15, 0.2) is 12.3 Å². The Morgan fingerprint density at radius 2 is 2.00 bits per heavy atom. The van der Waals surface area contributed by atoms with E-state index in [4.69, 9.17) is 5.73 Å². The van der Waals surface area contributed by atoms with Gasteiger partial charge in [0.15, 0.2) is 0 Å². The van der Waals surface area contributed by atoms with Gasteiger partial charge in [0.05, 0.1) is 11.9 Å². The highest BCUT2D eigenvalue weighted by atomic mass is 15.3. The monoisotopic (exact) mass is 246 g/mol. The predicted octanol–water partition coefficient (Wildman–Crippen LogP) is 1.50. The number of rotatable bonds is 3. The molecule has 2 fully saturated rings. The summed E-state index contributed by atoms with van der Waals surface area (Å²) in [7, 11) is 0. The summed E-state index contributed by atoms with van der Waals surface area (Å²) in [6.07, 6.45) is 4.65. The lowest BCUT2D eigenvalue weighted by Gasteiger charge is -2.36. The molecule has 1 saturated carbocycles. The Kier molecular flexibility index (Phi) is 3.12. The van der Waals surface area contributed by atoms with E-state index in [0.29, 0.717) is 0 Å². The Bertz CT molecular complexity index is 420. The lowest BCUT2D eigenvalue weighted by molar-refractivity contribution is 0.247. The fourth-order valence-corrected chi connectivity index (χ4v) is 2.73. The molecule has 1 aliphatic heterocycles. The first-order valence-electron chi connectivity index (χ1n) is 6.92. The maximum atomic E-state index is 5.75. The van der Waals surface area contributed by atoms with Crippen molar-refractivity contribution in [3.8, 4) is 0 Å². The molecule has 4 heteroatoms. The third-order valence-corrected chi connectivity index (χ3v) is 3.96. The van der Waals surface area contributed by atoms with Crippen molar-refractivity contribution in [2.24, 2.45) is 5.92 Å². The molecule has 1 aromatic heterocycles. The zero-order valence-corrected chi connectivity index (χ0v) is 11.1. The SMILES string of the molecule is Cc1cc(N)cnc1N1CCN(CC2CC2)CC1. The Labute approximate surface area is 109 Å². The van der Waals surface area contributed by atoms with Gasteiger partial charge in [0.1, 0.15) is 5.82 Å². The Hall–Kier alpha value is -1.29. The number of hydrogen-bond donors (Lipinski definition) is 1. The summed E-state index contributed by atoms with van der Waals surface area (Å²) < 4.78 is 0. The number of nitrogen functional groups attached to an aromatic ring is 1. The summed E-state index contributed by atoms with van der Waals surface area (Å²) >= 11 is 0. The van der Waals surface area contributed by atoms with E-state index in [2.05, 4.69) is 21.7 Å². The van der Waals surface area contributed by atoms with Gasteiger partial charge in [-0.3, -0.25) is 4.90 Å². The average molecular weight is 246 g/mol. The van der Waals surface area contributed by atoms with Gasteiger partial charge >= 0.3 is 0 Å². The first-order chi connectivity index (χ1) is 8.72. The highest BCUT2D eigenvalue weighted by Gasteiger charge is 2.26. The Morgan fingerprint density at radius 3 is 2.61 bits per heavy atom. The van der Waals surface area contributed by atoms with Crippen LogP contribution in [0.5, 0.6) is 0 Å². The van der Waals surface area contributed by atoms with Crippen LogP contribution >= 0.6 is 0 Å². The quantitative estimate of drug-likeness (QED) is 0.878. The van der Waals surface area contributed by atoms with Crippen LogP contribution < -0.4 is 10.6 Å². The first kappa shape index (κ1) is 11.8. The second-order valence-corrected chi connectivity index (χ2v) is 5.64. The van der Waals surface area contributed by atoms with Crippen molar-refractivity contribution in [1.82, 2.24) is 9.88 Å². The number of pyridine rings is 1. The normalized spacial score (nSPS) is 21.3. The lowest BCUT2D eigenvalue weighted by atomic mass is 10.2. The minimum absolute atomic E-state index is 0.753. The molecule has 0 bridgehead atoms. The van der Waals surface area contributed by atoms with E-state index in [1.54, 1.807) is 6.20 Å². The number of aryl methyl sites for hydroxylation is 1. The van der Waals surface area contributed by atoms with Crippen LogP contribution in [0.4, 0.5) is 11.5 Å². The van der Waals surface area contributed by atoms with Crippen molar-refractivity contribution >= 4 is 11.5 Å². The van der Waals surface area contributed by atoms with Crippen LogP contribution in [0.25, 0.3) is 0 Å². The Morgan fingerprint density at radius 1 is 1.28 bits per heavy atom. The molecule has 2 aliphatic rings. The van der Waals surface area contributed by atoms with Crippen LogP contribution in [0, 0.1) is 12.8 Å². The van der Waals surface area contributed by atoms with E-state index < -0.39 is 0 Å². The van der Waals surface area contributed by atoms with E-state index in [1.165, 1.54) is 38.0 Å². The summed E-state index contributed by atoms with van der Waals surface area (Å²) in [6, 6.07) is 2.01. The number of nitrogens with zero attached hydrogens (tertiary/aromatic N) is 3. The zero-order valence-electron chi connectivity index (χ0n) is 11.1. The smallest absolute Gasteiger partial charge is 0.131 e. The van der Waals surface area contributed by atoms with Crippen molar-refractivity contribution in [1.29, 1.82) is 0 Å². The van der Waals surface area contributed by atoms with Gasteiger partial charge in [-0.2, -0.15) is 0 Å². The summed E-state index contributed by atoms with van der Waals surface area (Å²) in [5.74, 6) is 2.10. The molecule has 1 aliphatic carbocycles.